The summed E-state index contributed by atoms with van der Waals surface area (Å²) in [5.74, 6) is -4.05. The maximum absolute atomic E-state index is 13.4. The van der Waals surface area contributed by atoms with Crippen LogP contribution in [-0.2, 0) is 25.5 Å². The van der Waals surface area contributed by atoms with Crippen molar-refractivity contribution >= 4 is 23.2 Å². The Bertz CT molecular complexity index is 1020. The van der Waals surface area contributed by atoms with Crippen molar-refractivity contribution in [3.8, 4) is 5.75 Å². The number of aliphatic hydroxyl groups excluding tert-OH is 1. The van der Waals surface area contributed by atoms with E-state index < -0.39 is 34.6 Å². The van der Waals surface area contributed by atoms with E-state index in [1.54, 1.807) is 12.1 Å². The van der Waals surface area contributed by atoms with E-state index in [9.17, 15) is 24.6 Å². The molecule has 3 aliphatic carbocycles. The van der Waals surface area contributed by atoms with E-state index in [0.29, 0.717) is 17.7 Å². The van der Waals surface area contributed by atoms with Crippen molar-refractivity contribution in [1.82, 2.24) is 0 Å². The van der Waals surface area contributed by atoms with Gasteiger partial charge in [0, 0.05) is 17.9 Å². The van der Waals surface area contributed by atoms with Gasteiger partial charge >= 0.3 is 0 Å². The lowest BCUT2D eigenvalue weighted by Gasteiger charge is -2.45. The van der Waals surface area contributed by atoms with Crippen molar-refractivity contribution in [1.29, 1.82) is 0 Å². The number of ketones is 2. The topological polar surface area (TPSA) is 136 Å². The van der Waals surface area contributed by atoms with E-state index in [4.69, 9.17) is 15.2 Å². The van der Waals surface area contributed by atoms with Crippen LogP contribution in [0.25, 0.3) is 5.76 Å². The molecule has 0 spiro atoms. The van der Waals surface area contributed by atoms with Crippen molar-refractivity contribution in [2.45, 2.75) is 24.9 Å². The van der Waals surface area contributed by atoms with Crippen LogP contribution in [0.1, 0.15) is 24.0 Å². The molecular weight excluding hydrogens is 378 g/mol. The van der Waals surface area contributed by atoms with Crippen molar-refractivity contribution in [3.63, 3.8) is 0 Å². The highest BCUT2D eigenvalue weighted by atomic mass is 16.5. The van der Waals surface area contributed by atoms with E-state index in [1.807, 2.05) is 6.07 Å². The number of carbonyl (C=O) groups is 3. The fourth-order valence-electron chi connectivity index (χ4n) is 4.88. The summed E-state index contributed by atoms with van der Waals surface area (Å²) in [6.45, 7) is 0. The number of carbonyl (C=O) groups excluding carboxylic acids is 3. The minimum atomic E-state index is -2.47. The first kappa shape index (κ1) is 19.2. The van der Waals surface area contributed by atoms with Gasteiger partial charge in [-0.3, -0.25) is 14.4 Å². The molecule has 1 fully saturated rings. The van der Waals surface area contributed by atoms with Gasteiger partial charge in [0.15, 0.2) is 5.60 Å². The summed E-state index contributed by atoms with van der Waals surface area (Å²) < 4.78 is 10.5. The summed E-state index contributed by atoms with van der Waals surface area (Å²) in [7, 11) is 2.76. The van der Waals surface area contributed by atoms with Crippen LogP contribution in [0.2, 0.25) is 0 Å². The number of primary amides is 1. The van der Waals surface area contributed by atoms with Crippen LogP contribution < -0.4 is 10.5 Å². The molecule has 1 aromatic carbocycles. The number of amides is 1. The van der Waals surface area contributed by atoms with Gasteiger partial charge in [-0.05, 0) is 30.4 Å². The highest BCUT2D eigenvalue weighted by Gasteiger charge is 2.61. The van der Waals surface area contributed by atoms with E-state index in [0.717, 1.165) is 5.56 Å². The first-order valence-electron chi connectivity index (χ1n) is 9.23. The average Bonchev–Trinajstić information content (AvgIpc) is 2.69. The quantitative estimate of drug-likeness (QED) is 0.505. The summed E-state index contributed by atoms with van der Waals surface area (Å²) in [6, 6.07) is 5.30. The van der Waals surface area contributed by atoms with Crippen LogP contribution in [-0.4, -0.2) is 47.5 Å². The summed E-state index contributed by atoms with van der Waals surface area (Å²) >= 11 is 0. The maximum Gasteiger partial charge on any atom is 0.255 e. The number of fused-ring (bicyclic) bond motifs is 3. The number of Topliss-reactive ketones (excluding diaryl/α,β-unsaturated/α-hetero) is 2. The fourth-order valence-corrected chi connectivity index (χ4v) is 4.88. The molecule has 3 unspecified atom stereocenters. The molecule has 29 heavy (non-hydrogen) atoms. The number of hydrogen-bond donors (Lipinski definition) is 3. The Labute approximate surface area is 166 Å². The summed E-state index contributed by atoms with van der Waals surface area (Å²) in [5, 5.41) is 22.1. The lowest BCUT2D eigenvalue weighted by atomic mass is 9.58. The Balaban J connectivity index is 1.89. The molecular formula is C21H21NO7. The molecule has 4 N–H and O–H groups in total. The zero-order chi connectivity index (χ0) is 21.1. The first-order valence-corrected chi connectivity index (χ1v) is 9.23. The predicted molar refractivity (Wildman–Crippen MR) is 101 cm³/mol. The van der Waals surface area contributed by atoms with Crippen LogP contribution in [0.15, 0.2) is 35.1 Å². The molecule has 8 nitrogen and oxygen atoms in total. The van der Waals surface area contributed by atoms with Crippen molar-refractivity contribution in [2.75, 3.05) is 14.2 Å². The minimum Gasteiger partial charge on any atom is -0.507 e. The predicted octanol–water partition coefficient (Wildman–Crippen LogP) is 0.815. The molecule has 0 saturated heterocycles. The van der Waals surface area contributed by atoms with Gasteiger partial charge in [0.05, 0.1) is 19.8 Å². The summed E-state index contributed by atoms with van der Waals surface area (Å²) in [4.78, 5) is 38.2. The van der Waals surface area contributed by atoms with E-state index in [1.165, 1.54) is 14.2 Å². The Morgan fingerprint density at radius 2 is 1.90 bits per heavy atom. The first-order chi connectivity index (χ1) is 13.7. The SMILES string of the molecule is COC1=C(C(N)=O)C(=O)C2(O)C(=O)C3=C(O)c4c(cccc4OC)CC3CC2C1. The number of nitrogens with two attached hydrogens (primary N) is 1. The third-order valence-electron chi connectivity index (χ3n) is 6.23. The molecule has 1 aromatic rings. The van der Waals surface area contributed by atoms with E-state index >= 15 is 0 Å². The second kappa shape index (κ2) is 6.45. The van der Waals surface area contributed by atoms with E-state index in [-0.39, 0.29) is 35.9 Å². The van der Waals surface area contributed by atoms with Gasteiger partial charge in [0.1, 0.15) is 22.8 Å². The number of hydrogen-bond acceptors (Lipinski definition) is 7. The van der Waals surface area contributed by atoms with Crippen molar-refractivity contribution < 1.29 is 34.1 Å². The average molecular weight is 399 g/mol. The molecule has 3 aliphatic rings. The number of methoxy groups -OCH3 is 2. The number of benzene rings is 1. The van der Waals surface area contributed by atoms with Gasteiger partial charge in [-0.1, -0.05) is 12.1 Å². The van der Waals surface area contributed by atoms with Crippen LogP contribution in [0, 0.1) is 11.8 Å². The Kier molecular flexibility index (Phi) is 4.27. The standard InChI is InChI=1S/C21H21NO7/c1-28-12-5-3-4-9-6-10-7-11-8-13(29-2)16(20(22)26)19(25)21(11,27)18(24)15(10)17(23)14(9)12/h3-5,10-11,23,27H,6-8H2,1-2H3,(H2,22,26). The zero-order valence-corrected chi connectivity index (χ0v) is 16.0. The molecule has 0 aliphatic heterocycles. The van der Waals surface area contributed by atoms with Crippen LogP contribution in [0.5, 0.6) is 5.75 Å². The molecule has 1 saturated carbocycles. The molecule has 1 amide bonds. The number of ether oxygens (including phenoxy) is 2. The fraction of sp³-hybridized carbons (Fsp3) is 0.381. The zero-order valence-electron chi connectivity index (χ0n) is 16.0. The lowest BCUT2D eigenvalue weighted by molar-refractivity contribution is -0.158. The molecule has 152 valence electrons. The highest BCUT2D eigenvalue weighted by Crippen LogP contribution is 2.51. The third kappa shape index (κ3) is 2.45. The smallest absolute Gasteiger partial charge is 0.255 e. The Morgan fingerprint density at radius 3 is 2.52 bits per heavy atom. The second-order valence-electron chi connectivity index (χ2n) is 7.59. The van der Waals surface area contributed by atoms with Crippen LogP contribution >= 0.6 is 0 Å². The van der Waals surface area contributed by atoms with Gasteiger partial charge in [-0.25, -0.2) is 0 Å². The molecule has 4 rings (SSSR count). The van der Waals surface area contributed by atoms with Crippen molar-refractivity contribution in [3.05, 3.63) is 46.2 Å². The molecule has 3 atom stereocenters. The van der Waals surface area contributed by atoms with Gasteiger partial charge in [0.25, 0.3) is 5.91 Å². The monoisotopic (exact) mass is 399 g/mol. The number of aliphatic hydroxyl groups is 2. The van der Waals surface area contributed by atoms with Crippen LogP contribution in [0.4, 0.5) is 0 Å². The van der Waals surface area contributed by atoms with Gasteiger partial charge in [-0.15, -0.1) is 0 Å². The minimum absolute atomic E-state index is 0.0150. The Morgan fingerprint density at radius 1 is 1.17 bits per heavy atom. The molecule has 8 heteroatoms. The molecule has 0 heterocycles. The van der Waals surface area contributed by atoms with Crippen molar-refractivity contribution in [2.24, 2.45) is 17.6 Å². The van der Waals surface area contributed by atoms with Gasteiger partial charge in [0.2, 0.25) is 11.6 Å². The third-order valence-corrected chi connectivity index (χ3v) is 6.23. The second-order valence-corrected chi connectivity index (χ2v) is 7.59. The lowest BCUT2D eigenvalue weighted by Crippen LogP contribution is -2.61. The summed E-state index contributed by atoms with van der Waals surface area (Å²) in [6.07, 6.45) is 0.744. The molecule has 0 aromatic heterocycles. The van der Waals surface area contributed by atoms with Gasteiger partial charge < -0.3 is 25.4 Å². The number of allylic oxidation sites excluding steroid dienone is 1. The maximum atomic E-state index is 13.4. The molecule has 0 bridgehead atoms. The largest absolute Gasteiger partial charge is 0.507 e. The number of rotatable bonds is 3. The van der Waals surface area contributed by atoms with Crippen LogP contribution in [0.3, 0.4) is 0 Å². The molecule has 0 radical (unpaired) electrons. The Hall–Kier alpha value is -3.13. The van der Waals surface area contributed by atoms with E-state index in [2.05, 4.69) is 0 Å². The highest BCUT2D eigenvalue weighted by molar-refractivity contribution is 6.32. The normalized spacial score (nSPS) is 28.5. The summed E-state index contributed by atoms with van der Waals surface area (Å²) in [5.41, 5.74) is 3.52. The van der Waals surface area contributed by atoms with Gasteiger partial charge in [-0.2, -0.15) is 0 Å².